The third-order valence-electron chi connectivity index (χ3n) is 1.36. The highest BCUT2D eigenvalue weighted by Crippen LogP contribution is 2.15. The number of primary amides is 1. The number of benzene rings is 1. The zero-order valence-electron chi connectivity index (χ0n) is 7.00. The summed E-state index contributed by atoms with van der Waals surface area (Å²) in [5.41, 5.74) is 6.85. The SMILES string of the molecule is NC(=O)NN=Cc1cccc(Cl)c1F. The Kier molecular flexibility index (Phi) is 3.41. The summed E-state index contributed by atoms with van der Waals surface area (Å²) < 4.78 is 13.2. The van der Waals surface area contributed by atoms with Gasteiger partial charge in [-0.15, -0.1) is 0 Å². The Hall–Kier alpha value is -1.62. The van der Waals surface area contributed by atoms with Crippen LogP contribution in [-0.2, 0) is 0 Å². The molecule has 0 heterocycles. The van der Waals surface area contributed by atoms with E-state index in [-0.39, 0.29) is 10.6 Å². The minimum Gasteiger partial charge on any atom is -0.350 e. The molecule has 0 bridgehead atoms. The minimum absolute atomic E-state index is 0.00646. The average Bonchev–Trinajstić information content (AvgIpc) is 2.12. The van der Waals surface area contributed by atoms with E-state index >= 15 is 0 Å². The Labute approximate surface area is 84.5 Å². The number of urea groups is 1. The molecule has 1 aromatic rings. The second-order valence-corrected chi connectivity index (χ2v) is 2.78. The van der Waals surface area contributed by atoms with Crippen molar-refractivity contribution < 1.29 is 9.18 Å². The molecule has 6 heteroatoms. The molecule has 0 saturated carbocycles. The fraction of sp³-hybridized carbons (Fsp3) is 0. The van der Waals surface area contributed by atoms with Crippen molar-refractivity contribution in [3.05, 3.63) is 34.6 Å². The molecule has 4 nitrogen and oxygen atoms in total. The maximum Gasteiger partial charge on any atom is 0.332 e. The van der Waals surface area contributed by atoms with Crippen LogP contribution in [0.2, 0.25) is 5.02 Å². The van der Waals surface area contributed by atoms with Gasteiger partial charge >= 0.3 is 6.03 Å². The summed E-state index contributed by atoms with van der Waals surface area (Å²) in [4.78, 5) is 10.2. The summed E-state index contributed by atoms with van der Waals surface area (Å²) >= 11 is 5.51. The third kappa shape index (κ3) is 2.70. The Balaban J connectivity index is 2.81. The monoisotopic (exact) mass is 215 g/mol. The van der Waals surface area contributed by atoms with Crippen LogP contribution in [0.1, 0.15) is 5.56 Å². The Bertz CT molecular complexity index is 381. The number of nitrogens with two attached hydrogens (primary N) is 1. The van der Waals surface area contributed by atoms with Gasteiger partial charge in [0.15, 0.2) is 5.82 Å². The summed E-state index contributed by atoms with van der Waals surface area (Å²) in [6.45, 7) is 0. The van der Waals surface area contributed by atoms with E-state index in [0.717, 1.165) is 6.21 Å². The molecule has 1 rings (SSSR count). The van der Waals surface area contributed by atoms with Crippen LogP contribution in [0, 0.1) is 5.82 Å². The number of carbonyl (C=O) groups is 1. The maximum absolute atomic E-state index is 13.2. The summed E-state index contributed by atoms with van der Waals surface area (Å²) in [6.07, 6.45) is 1.12. The van der Waals surface area contributed by atoms with Crippen LogP contribution in [0.15, 0.2) is 23.3 Å². The van der Waals surface area contributed by atoms with Crippen LogP contribution in [0.3, 0.4) is 0 Å². The van der Waals surface area contributed by atoms with Crippen LogP contribution >= 0.6 is 11.6 Å². The van der Waals surface area contributed by atoms with Crippen molar-refractivity contribution in [3.63, 3.8) is 0 Å². The first-order valence-corrected chi connectivity index (χ1v) is 4.01. The van der Waals surface area contributed by atoms with Gasteiger partial charge in [-0.05, 0) is 6.07 Å². The van der Waals surface area contributed by atoms with E-state index in [4.69, 9.17) is 17.3 Å². The van der Waals surface area contributed by atoms with E-state index in [0.29, 0.717) is 0 Å². The number of hydrogen-bond donors (Lipinski definition) is 2. The zero-order valence-corrected chi connectivity index (χ0v) is 7.75. The van der Waals surface area contributed by atoms with Gasteiger partial charge in [-0.2, -0.15) is 5.10 Å². The lowest BCUT2D eigenvalue weighted by molar-refractivity contribution is 0.249. The predicted octanol–water partition coefficient (Wildman–Crippen LogP) is 1.48. The molecule has 74 valence electrons. The van der Waals surface area contributed by atoms with Crippen molar-refractivity contribution in [1.29, 1.82) is 0 Å². The molecule has 0 aliphatic heterocycles. The Morgan fingerprint density at radius 2 is 2.36 bits per heavy atom. The van der Waals surface area contributed by atoms with Crippen LogP contribution in [0.25, 0.3) is 0 Å². The molecule has 0 atom stereocenters. The molecule has 0 spiro atoms. The van der Waals surface area contributed by atoms with Crippen molar-refractivity contribution >= 4 is 23.8 Å². The largest absolute Gasteiger partial charge is 0.350 e. The van der Waals surface area contributed by atoms with Crippen LogP contribution < -0.4 is 11.2 Å². The Morgan fingerprint density at radius 3 is 3.00 bits per heavy atom. The van der Waals surface area contributed by atoms with Crippen molar-refractivity contribution in [3.8, 4) is 0 Å². The molecular weight excluding hydrogens is 209 g/mol. The second-order valence-electron chi connectivity index (χ2n) is 2.38. The van der Waals surface area contributed by atoms with Gasteiger partial charge in [0.25, 0.3) is 0 Å². The quantitative estimate of drug-likeness (QED) is 0.570. The lowest BCUT2D eigenvalue weighted by Gasteiger charge is -1.97. The van der Waals surface area contributed by atoms with E-state index in [2.05, 4.69) is 5.10 Å². The third-order valence-corrected chi connectivity index (χ3v) is 1.65. The van der Waals surface area contributed by atoms with Gasteiger partial charge < -0.3 is 5.73 Å². The van der Waals surface area contributed by atoms with Crippen molar-refractivity contribution in [2.75, 3.05) is 0 Å². The number of rotatable bonds is 2. The number of hydrogen-bond acceptors (Lipinski definition) is 2. The van der Waals surface area contributed by atoms with Crippen molar-refractivity contribution in [2.24, 2.45) is 10.8 Å². The molecule has 0 aliphatic carbocycles. The topological polar surface area (TPSA) is 67.5 Å². The highest BCUT2D eigenvalue weighted by Gasteiger charge is 2.02. The first kappa shape index (κ1) is 10.5. The standard InChI is InChI=1S/C8H7ClFN3O/c9-6-3-1-2-5(7(6)10)4-12-13-8(11)14/h1-4H,(H3,11,13,14). The Morgan fingerprint density at radius 1 is 1.64 bits per heavy atom. The number of nitrogens with zero attached hydrogens (tertiary/aromatic N) is 1. The molecule has 1 aromatic carbocycles. The molecule has 0 unspecified atom stereocenters. The number of nitrogens with one attached hydrogen (secondary N) is 1. The summed E-state index contributed by atoms with van der Waals surface area (Å²) in [5.74, 6) is -0.593. The lowest BCUT2D eigenvalue weighted by Crippen LogP contribution is -2.24. The minimum atomic E-state index is -0.816. The lowest BCUT2D eigenvalue weighted by atomic mass is 10.2. The number of carbonyl (C=O) groups excluding carboxylic acids is 1. The molecule has 0 saturated heterocycles. The second kappa shape index (κ2) is 4.57. The van der Waals surface area contributed by atoms with Gasteiger partial charge in [-0.1, -0.05) is 23.7 Å². The van der Waals surface area contributed by atoms with Crippen molar-refractivity contribution in [2.45, 2.75) is 0 Å². The fourth-order valence-corrected chi connectivity index (χ4v) is 0.967. The maximum atomic E-state index is 13.2. The van der Waals surface area contributed by atoms with Gasteiger partial charge in [0, 0.05) is 5.56 Å². The number of amides is 2. The van der Waals surface area contributed by atoms with E-state index in [1.807, 2.05) is 5.43 Å². The van der Waals surface area contributed by atoms with Crippen LogP contribution in [-0.4, -0.2) is 12.2 Å². The number of halogens is 2. The summed E-state index contributed by atoms with van der Waals surface area (Å²) in [7, 11) is 0. The zero-order chi connectivity index (χ0) is 10.6. The fourth-order valence-electron chi connectivity index (χ4n) is 0.786. The molecule has 0 aromatic heterocycles. The van der Waals surface area contributed by atoms with E-state index in [1.54, 1.807) is 6.07 Å². The highest BCUT2D eigenvalue weighted by molar-refractivity contribution is 6.31. The average molecular weight is 216 g/mol. The van der Waals surface area contributed by atoms with E-state index < -0.39 is 11.8 Å². The molecule has 2 amide bonds. The van der Waals surface area contributed by atoms with Gasteiger partial charge in [0.1, 0.15) is 0 Å². The van der Waals surface area contributed by atoms with Crippen molar-refractivity contribution in [1.82, 2.24) is 5.43 Å². The molecule has 0 radical (unpaired) electrons. The number of hydrazone groups is 1. The molecule has 3 N–H and O–H groups in total. The summed E-state index contributed by atoms with van der Waals surface area (Å²) in [6, 6.07) is 3.63. The first-order chi connectivity index (χ1) is 6.61. The first-order valence-electron chi connectivity index (χ1n) is 3.64. The van der Waals surface area contributed by atoms with E-state index in [9.17, 15) is 9.18 Å². The van der Waals surface area contributed by atoms with Gasteiger partial charge in [-0.25, -0.2) is 14.6 Å². The van der Waals surface area contributed by atoms with E-state index in [1.165, 1.54) is 12.1 Å². The van der Waals surface area contributed by atoms with Gasteiger partial charge in [-0.3, -0.25) is 0 Å². The molecular formula is C8H7ClFN3O. The van der Waals surface area contributed by atoms with Gasteiger partial charge in [0.2, 0.25) is 0 Å². The van der Waals surface area contributed by atoms with Gasteiger partial charge in [0.05, 0.1) is 11.2 Å². The highest BCUT2D eigenvalue weighted by atomic mass is 35.5. The normalized spacial score (nSPS) is 10.4. The molecule has 0 fully saturated rings. The molecule has 14 heavy (non-hydrogen) atoms. The smallest absolute Gasteiger partial charge is 0.332 e. The summed E-state index contributed by atoms with van der Waals surface area (Å²) in [5, 5.41) is 3.39. The molecule has 0 aliphatic rings. The van der Waals surface area contributed by atoms with Crippen LogP contribution in [0.5, 0.6) is 0 Å². The van der Waals surface area contributed by atoms with Crippen LogP contribution in [0.4, 0.5) is 9.18 Å². The predicted molar refractivity (Wildman–Crippen MR) is 51.7 cm³/mol.